The first-order valence-corrected chi connectivity index (χ1v) is 12.5. The third-order valence-electron chi connectivity index (χ3n) is 6.22. The van der Waals surface area contributed by atoms with Gasteiger partial charge in [0.15, 0.2) is 0 Å². The molecule has 194 valence electrons. The number of furan rings is 1. The summed E-state index contributed by atoms with van der Waals surface area (Å²) in [6.45, 7) is 6.26. The maximum Gasteiger partial charge on any atom is 0.222 e. The average Bonchev–Trinajstić information content (AvgIpc) is 3.36. The van der Waals surface area contributed by atoms with Crippen LogP contribution in [-0.4, -0.2) is 54.7 Å². The van der Waals surface area contributed by atoms with Crippen LogP contribution < -0.4 is 15.8 Å². The predicted octanol–water partition coefficient (Wildman–Crippen LogP) is 3.13. The Kier molecular flexibility index (Phi) is 12.3. The minimum Gasteiger partial charge on any atom is -0.497 e. The molecule has 2 rings (SSSR count). The number of benzene rings is 1. The fourth-order valence-electron chi connectivity index (χ4n) is 4.41. The highest BCUT2D eigenvalue weighted by Gasteiger charge is 2.33. The Labute approximate surface area is 208 Å². The molecule has 1 aromatic carbocycles. The number of nitrogens with two attached hydrogens (primary N) is 1. The second-order valence-electron chi connectivity index (χ2n) is 8.93. The number of nitrogens with zero attached hydrogens (tertiary/aromatic N) is 1. The molecule has 8 heteroatoms. The van der Waals surface area contributed by atoms with E-state index in [-0.39, 0.29) is 25.3 Å². The Morgan fingerprint density at radius 3 is 2.51 bits per heavy atom. The third-order valence-corrected chi connectivity index (χ3v) is 6.22. The second kappa shape index (κ2) is 15.2. The lowest BCUT2D eigenvalue weighted by Crippen LogP contribution is -2.43. The number of carbonyl (C=O) groups is 2. The molecule has 35 heavy (non-hydrogen) atoms. The van der Waals surface area contributed by atoms with E-state index < -0.39 is 23.8 Å². The number of rotatable bonds is 17. The molecular formula is C27H41N3O5. The van der Waals surface area contributed by atoms with E-state index in [1.54, 1.807) is 19.4 Å². The summed E-state index contributed by atoms with van der Waals surface area (Å²) in [6, 6.07) is 11.3. The molecule has 0 aliphatic rings. The molecule has 0 fully saturated rings. The molecule has 2 aromatic rings. The number of methoxy groups -OCH3 is 1. The molecule has 0 saturated carbocycles. The first kappa shape index (κ1) is 28.4. The number of carbonyl (C=O) groups excluding carboxylic acids is 2. The van der Waals surface area contributed by atoms with E-state index in [9.17, 15) is 14.7 Å². The van der Waals surface area contributed by atoms with E-state index in [0.29, 0.717) is 31.8 Å². The summed E-state index contributed by atoms with van der Waals surface area (Å²) in [4.78, 5) is 27.1. The Bertz CT molecular complexity index is 881. The van der Waals surface area contributed by atoms with Gasteiger partial charge in [-0.15, -0.1) is 0 Å². The zero-order valence-electron chi connectivity index (χ0n) is 21.2. The zero-order chi connectivity index (χ0) is 25.6. The Morgan fingerprint density at radius 1 is 1.17 bits per heavy atom. The Hall–Kier alpha value is -2.84. The highest BCUT2D eigenvalue weighted by molar-refractivity contribution is 5.80. The van der Waals surface area contributed by atoms with Crippen LogP contribution >= 0.6 is 0 Å². The van der Waals surface area contributed by atoms with E-state index in [1.807, 2.05) is 49.1 Å². The summed E-state index contributed by atoms with van der Waals surface area (Å²) < 4.78 is 10.8. The van der Waals surface area contributed by atoms with Crippen LogP contribution in [-0.2, 0) is 22.6 Å². The second-order valence-corrected chi connectivity index (χ2v) is 8.93. The molecule has 0 aliphatic heterocycles. The van der Waals surface area contributed by atoms with Crippen molar-refractivity contribution in [3.05, 3.63) is 54.0 Å². The minimum atomic E-state index is -0.860. The molecule has 4 N–H and O–H groups in total. The van der Waals surface area contributed by atoms with E-state index >= 15 is 0 Å². The van der Waals surface area contributed by atoms with Crippen LogP contribution in [0.5, 0.6) is 5.75 Å². The van der Waals surface area contributed by atoms with Gasteiger partial charge in [-0.3, -0.25) is 9.59 Å². The van der Waals surface area contributed by atoms with Gasteiger partial charge in [-0.1, -0.05) is 26.0 Å². The number of ether oxygens (including phenoxy) is 1. The fraction of sp³-hybridized carbons (Fsp3) is 0.556. The van der Waals surface area contributed by atoms with Gasteiger partial charge >= 0.3 is 0 Å². The topological polar surface area (TPSA) is 118 Å². The largest absolute Gasteiger partial charge is 0.497 e. The number of nitrogens with one attached hydrogen (secondary N) is 1. The van der Waals surface area contributed by atoms with Crippen molar-refractivity contribution in [1.29, 1.82) is 0 Å². The van der Waals surface area contributed by atoms with E-state index in [1.165, 1.54) is 0 Å². The van der Waals surface area contributed by atoms with Gasteiger partial charge in [0.1, 0.15) is 11.5 Å². The molecule has 2 amide bonds. The molecule has 1 heterocycles. The molecule has 0 aliphatic carbocycles. The summed E-state index contributed by atoms with van der Waals surface area (Å²) >= 11 is 0. The maximum atomic E-state index is 12.8. The predicted molar refractivity (Wildman–Crippen MR) is 136 cm³/mol. The highest BCUT2D eigenvalue weighted by atomic mass is 16.5. The smallest absolute Gasteiger partial charge is 0.222 e. The molecule has 3 atom stereocenters. The third kappa shape index (κ3) is 9.38. The molecule has 1 unspecified atom stereocenters. The molecule has 0 bridgehead atoms. The number of aliphatic hydroxyl groups excluding tert-OH is 1. The Morgan fingerprint density at radius 2 is 1.91 bits per heavy atom. The van der Waals surface area contributed by atoms with Crippen LogP contribution in [0.3, 0.4) is 0 Å². The first-order valence-electron chi connectivity index (χ1n) is 12.5. The summed E-state index contributed by atoms with van der Waals surface area (Å²) in [5.41, 5.74) is 6.81. The normalized spacial score (nSPS) is 13.7. The standard InChI is InChI=1S/C27H41N3O5/c1-4-13-30(14-5-2)26(32)12-11-23(27(28)33)24(17-22-10-7-15-35-22)25(31)19-29-18-20-8-6-9-21(16-20)34-3/h6-10,15-16,23-25,29,31H,4-5,11-14,17-19H2,1-3H3,(H2,28,33)/t23?,24-,25-/m0/s1. The maximum absolute atomic E-state index is 12.8. The lowest BCUT2D eigenvalue weighted by Gasteiger charge is -2.30. The summed E-state index contributed by atoms with van der Waals surface area (Å²) in [5.74, 6) is -0.226. The highest BCUT2D eigenvalue weighted by Crippen LogP contribution is 2.26. The van der Waals surface area contributed by atoms with Crippen LogP contribution in [0, 0.1) is 11.8 Å². The number of amides is 2. The molecule has 1 aromatic heterocycles. The van der Waals surface area contributed by atoms with Crippen LogP contribution in [0.2, 0.25) is 0 Å². The Balaban J connectivity index is 2.08. The summed E-state index contributed by atoms with van der Waals surface area (Å²) in [7, 11) is 1.62. The summed E-state index contributed by atoms with van der Waals surface area (Å²) in [6.07, 6.45) is 3.32. The number of aliphatic hydroxyl groups is 1. The number of hydrogen-bond acceptors (Lipinski definition) is 6. The first-order chi connectivity index (χ1) is 16.9. The van der Waals surface area contributed by atoms with Gasteiger partial charge in [0.2, 0.25) is 11.8 Å². The molecule has 8 nitrogen and oxygen atoms in total. The van der Waals surface area contributed by atoms with Crippen molar-refractivity contribution < 1.29 is 23.8 Å². The van der Waals surface area contributed by atoms with Crippen molar-refractivity contribution in [1.82, 2.24) is 10.2 Å². The average molecular weight is 488 g/mol. The van der Waals surface area contributed by atoms with Gasteiger partial charge in [-0.25, -0.2) is 0 Å². The molecule has 0 saturated heterocycles. The molecule has 0 radical (unpaired) electrons. The SMILES string of the molecule is CCCN(CCC)C(=O)CCC(C(N)=O)[C@H](Cc1ccco1)[C@@H](O)CNCc1cccc(OC)c1. The van der Waals surface area contributed by atoms with Crippen LogP contribution in [0.15, 0.2) is 47.1 Å². The lowest BCUT2D eigenvalue weighted by molar-refractivity contribution is -0.132. The van der Waals surface area contributed by atoms with Crippen molar-refractivity contribution >= 4 is 11.8 Å². The van der Waals surface area contributed by atoms with Gasteiger partial charge in [-0.05, 0) is 49.1 Å². The van der Waals surface area contributed by atoms with Crippen LogP contribution in [0.1, 0.15) is 50.9 Å². The minimum absolute atomic E-state index is 0.0161. The van der Waals surface area contributed by atoms with Gasteiger partial charge in [0, 0.05) is 50.9 Å². The molecular weight excluding hydrogens is 446 g/mol. The zero-order valence-corrected chi connectivity index (χ0v) is 21.2. The van der Waals surface area contributed by atoms with E-state index in [2.05, 4.69) is 5.32 Å². The number of primary amides is 1. The van der Waals surface area contributed by atoms with E-state index in [4.69, 9.17) is 14.9 Å². The van der Waals surface area contributed by atoms with Crippen molar-refractivity contribution in [2.24, 2.45) is 17.6 Å². The quantitative estimate of drug-likeness (QED) is 0.316. The van der Waals surface area contributed by atoms with Gasteiger partial charge in [-0.2, -0.15) is 0 Å². The van der Waals surface area contributed by atoms with Crippen molar-refractivity contribution in [2.45, 2.75) is 58.6 Å². The fourth-order valence-corrected chi connectivity index (χ4v) is 4.41. The van der Waals surface area contributed by atoms with Crippen molar-refractivity contribution in [3.63, 3.8) is 0 Å². The van der Waals surface area contributed by atoms with Crippen molar-refractivity contribution in [2.75, 3.05) is 26.7 Å². The lowest BCUT2D eigenvalue weighted by atomic mass is 9.80. The van der Waals surface area contributed by atoms with Gasteiger partial charge in [0.05, 0.1) is 19.5 Å². The molecule has 0 spiro atoms. The van der Waals surface area contributed by atoms with Crippen LogP contribution in [0.25, 0.3) is 0 Å². The number of hydrogen-bond donors (Lipinski definition) is 3. The van der Waals surface area contributed by atoms with Crippen molar-refractivity contribution in [3.8, 4) is 5.75 Å². The van der Waals surface area contributed by atoms with Gasteiger partial charge < -0.3 is 30.2 Å². The monoisotopic (exact) mass is 487 g/mol. The van der Waals surface area contributed by atoms with E-state index in [0.717, 1.165) is 24.2 Å². The van der Waals surface area contributed by atoms with Gasteiger partial charge in [0.25, 0.3) is 0 Å². The summed E-state index contributed by atoms with van der Waals surface area (Å²) in [5, 5.41) is 14.4. The van der Waals surface area contributed by atoms with Crippen LogP contribution in [0.4, 0.5) is 0 Å².